The monoisotopic (exact) mass is 181 g/mol. The molecule has 1 aliphatic rings. The molecule has 28 valence electrons. The van der Waals surface area contributed by atoms with Gasteiger partial charge in [0.05, 0.1) is 22.9 Å². The summed E-state index contributed by atoms with van der Waals surface area (Å²) in [6.45, 7) is 1.13. The summed E-state index contributed by atoms with van der Waals surface area (Å²) in [6.07, 6.45) is 4.16. The van der Waals surface area contributed by atoms with Crippen LogP contribution in [0.5, 0.6) is 0 Å². The molecular weight excluding hydrogens is 177 g/mol. The lowest BCUT2D eigenvalue weighted by Crippen LogP contribution is -2.10. The minimum Gasteiger partial charge on any atom is -0.318 e. The summed E-state index contributed by atoms with van der Waals surface area (Å²) in [4.78, 5) is 0. The predicted octanol–water partition coefficient (Wildman–Crippen LogP) is 1.17. The molecule has 5 heavy (non-hydrogen) atoms. The van der Waals surface area contributed by atoms with E-state index in [9.17, 15) is 0 Å². The molecule has 0 atom stereocenters. The van der Waals surface area contributed by atoms with E-state index in [0.29, 0.717) is 0 Å². The SMILES string of the molecule is IN1C=CC1. The van der Waals surface area contributed by atoms with E-state index in [-0.39, 0.29) is 0 Å². The number of rotatable bonds is 0. The largest absolute Gasteiger partial charge is 0.318 e. The van der Waals surface area contributed by atoms with Crippen molar-refractivity contribution in [3.63, 3.8) is 0 Å². The van der Waals surface area contributed by atoms with Crippen molar-refractivity contribution in [3.05, 3.63) is 12.3 Å². The summed E-state index contributed by atoms with van der Waals surface area (Å²) in [5, 5.41) is 0. The fraction of sp³-hybridized carbons (Fsp3) is 0.333. The van der Waals surface area contributed by atoms with Gasteiger partial charge in [0, 0.05) is 12.7 Å². The molecule has 0 aliphatic carbocycles. The Morgan fingerprint density at radius 1 is 1.80 bits per heavy atom. The second kappa shape index (κ2) is 1.16. The lowest BCUT2D eigenvalue weighted by atomic mass is 10.5. The lowest BCUT2D eigenvalue weighted by Gasteiger charge is -2.14. The molecular formula is C3H4IN. The summed E-state index contributed by atoms with van der Waals surface area (Å²) in [5.74, 6) is 0. The molecule has 0 aromatic carbocycles. The Morgan fingerprint density at radius 2 is 2.20 bits per heavy atom. The number of hydrogen-bond donors (Lipinski definition) is 0. The summed E-state index contributed by atoms with van der Waals surface area (Å²) in [6, 6.07) is 0. The first-order valence-electron chi connectivity index (χ1n) is 1.49. The van der Waals surface area contributed by atoms with Crippen molar-refractivity contribution in [3.8, 4) is 0 Å². The summed E-state index contributed by atoms with van der Waals surface area (Å²) in [7, 11) is 0. The van der Waals surface area contributed by atoms with Crippen LogP contribution in [0.15, 0.2) is 12.3 Å². The maximum Gasteiger partial charge on any atom is 0.0589 e. The van der Waals surface area contributed by atoms with Crippen molar-refractivity contribution >= 4 is 22.9 Å². The molecule has 0 saturated carbocycles. The molecule has 0 saturated heterocycles. The molecule has 1 rings (SSSR count). The molecule has 0 aromatic rings. The fourth-order valence-electron chi connectivity index (χ4n) is 0.185. The van der Waals surface area contributed by atoms with Gasteiger partial charge < -0.3 is 3.11 Å². The molecule has 0 N–H and O–H groups in total. The van der Waals surface area contributed by atoms with Crippen LogP contribution in [0.4, 0.5) is 0 Å². The zero-order valence-electron chi connectivity index (χ0n) is 2.69. The van der Waals surface area contributed by atoms with Crippen LogP contribution in [-0.2, 0) is 0 Å². The maximum absolute atomic E-state index is 2.24. The van der Waals surface area contributed by atoms with Gasteiger partial charge in [-0.15, -0.1) is 0 Å². The first-order valence-corrected chi connectivity index (χ1v) is 2.45. The van der Waals surface area contributed by atoms with Crippen LogP contribution in [0.2, 0.25) is 0 Å². The van der Waals surface area contributed by atoms with Gasteiger partial charge in [0.2, 0.25) is 0 Å². The van der Waals surface area contributed by atoms with Crippen LogP contribution < -0.4 is 0 Å². The van der Waals surface area contributed by atoms with Gasteiger partial charge in [0.25, 0.3) is 0 Å². The third-order valence-electron chi connectivity index (χ3n) is 0.547. The lowest BCUT2D eigenvalue weighted by molar-refractivity contribution is 0.682. The van der Waals surface area contributed by atoms with Crippen molar-refractivity contribution < 1.29 is 0 Å². The molecule has 0 aromatic heterocycles. The third kappa shape index (κ3) is 0.560. The molecule has 0 amide bonds. The van der Waals surface area contributed by atoms with E-state index in [1.165, 1.54) is 0 Å². The van der Waals surface area contributed by atoms with Crippen molar-refractivity contribution in [1.82, 2.24) is 3.11 Å². The van der Waals surface area contributed by atoms with Crippen molar-refractivity contribution in [2.45, 2.75) is 0 Å². The van der Waals surface area contributed by atoms with Gasteiger partial charge in [0.15, 0.2) is 0 Å². The van der Waals surface area contributed by atoms with Gasteiger partial charge in [-0.25, -0.2) is 0 Å². The first kappa shape index (κ1) is 3.46. The Kier molecular flexibility index (Phi) is 0.804. The second-order valence-electron chi connectivity index (χ2n) is 0.967. The van der Waals surface area contributed by atoms with E-state index in [2.05, 4.69) is 32.1 Å². The van der Waals surface area contributed by atoms with Crippen molar-refractivity contribution in [1.29, 1.82) is 0 Å². The third-order valence-corrected chi connectivity index (χ3v) is 1.26. The van der Waals surface area contributed by atoms with E-state index in [0.717, 1.165) is 6.54 Å². The van der Waals surface area contributed by atoms with Crippen LogP contribution in [0.1, 0.15) is 0 Å². The molecule has 2 heteroatoms. The first-order chi connectivity index (χ1) is 2.39. The molecule has 0 fully saturated rings. The topological polar surface area (TPSA) is 3.24 Å². The van der Waals surface area contributed by atoms with Gasteiger partial charge in [-0.05, 0) is 6.08 Å². The summed E-state index contributed by atoms with van der Waals surface area (Å²) < 4.78 is 2.09. The van der Waals surface area contributed by atoms with Crippen LogP contribution in [0.25, 0.3) is 0 Å². The minimum atomic E-state index is 1.13. The highest BCUT2D eigenvalue weighted by atomic mass is 127. The van der Waals surface area contributed by atoms with E-state index in [1.54, 1.807) is 0 Å². The zero-order chi connectivity index (χ0) is 3.70. The Hall–Kier alpha value is 0.270. The minimum absolute atomic E-state index is 1.13. The number of halogens is 1. The average Bonchev–Trinajstić information content (AvgIpc) is 1.30. The molecule has 0 unspecified atom stereocenters. The van der Waals surface area contributed by atoms with Crippen molar-refractivity contribution in [2.24, 2.45) is 0 Å². The van der Waals surface area contributed by atoms with Crippen molar-refractivity contribution in [2.75, 3.05) is 6.54 Å². The normalized spacial score (nSPS) is 19.0. The Bertz CT molecular complexity index is 59.9. The van der Waals surface area contributed by atoms with Gasteiger partial charge in [-0.1, -0.05) is 0 Å². The predicted molar refractivity (Wildman–Crippen MR) is 29.9 cm³/mol. The van der Waals surface area contributed by atoms with Gasteiger partial charge in [0.1, 0.15) is 0 Å². The van der Waals surface area contributed by atoms with E-state index < -0.39 is 0 Å². The molecule has 0 radical (unpaired) electrons. The number of nitrogens with zero attached hydrogens (tertiary/aromatic N) is 1. The average molecular weight is 181 g/mol. The van der Waals surface area contributed by atoms with Gasteiger partial charge in [-0.2, -0.15) is 0 Å². The summed E-state index contributed by atoms with van der Waals surface area (Å²) >= 11 is 2.24. The highest BCUT2D eigenvalue weighted by molar-refractivity contribution is 14.1. The molecule has 1 heterocycles. The number of hydrogen-bond acceptors (Lipinski definition) is 1. The smallest absolute Gasteiger partial charge is 0.0589 e. The molecule has 0 bridgehead atoms. The van der Waals surface area contributed by atoms with Crippen LogP contribution in [0.3, 0.4) is 0 Å². The standard InChI is InChI=1S/C3H4IN/c4-5-2-1-3-5/h1-2H,3H2. The molecule has 1 aliphatic heterocycles. The van der Waals surface area contributed by atoms with Gasteiger partial charge >= 0.3 is 0 Å². The van der Waals surface area contributed by atoms with E-state index >= 15 is 0 Å². The Balaban J connectivity index is 2.39. The summed E-state index contributed by atoms with van der Waals surface area (Å²) in [5.41, 5.74) is 0. The Morgan fingerprint density at radius 3 is 2.20 bits per heavy atom. The van der Waals surface area contributed by atoms with Crippen LogP contribution in [-0.4, -0.2) is 9.66 Å². The quantitative estimate of drug-likeness (QED) is 0.400. The highest BCUT2D eigenvalue weighted by Gasteiger charge is 1.94. The second-order valence-corrected chi connectivity index (χ2v) is 2.21. The Labute approximate surface area is 45.2 Å². The van der Waals surface area contributed by atoms with Gasteiger partial charge in [-0.3, -0.25) is 0 Å². The highest BCUT2D eigenvalue weighted by Crippen LogP contribution is 2.06. The maximum atomic E-state index is 2.24. The van der Waals surface area contributed by atoms with E-state index in [1.807, 2.05) is 6.20 Å². The fourth-order valence-corrected chi connectivity index (χ4v) is 0.640. The zero-order valence-corrected chi connectivity index (χ0v) is 4.84. The van der Waals surface area contributed by atoms with Crippen LogP contribution in [0, 0.1) is 0 Å². The molecule has 1 nitrogen and oxygen atoms in total. The molecule has 0 spiro atoms. The van der Waals surface area contributed by atoms with Crippen LogP contribution >= 0.6 is 22.9 Å². The van der Waals surface area contributed by atoms with E-state index in [4.69, 9.17) is 0 Å².